The zero-order valence-corrected chi connectivity index (χ0v) is 14.0. The number of methoxy groups -OCH3 is 1. The number of aromatic nitrogens is 1. The van der Waals surface area contributed by atoms with Gasteiger partial charge < -0.3 is 14.5 Å². The summed E-state index contributed by atoms with van der Waals surface area (Å²) in [5, 5.41) is 3.09. The van der Waals surface area contributed by atoms with Gasteiger partial charge in [-0.1, -0.05) is 0 Å². The molecule has 0 N–H and O–H groups in total. The number of esters is 1. The molecule has 0 spiro atoms. The van der Waals surface area contributed by atoms with Crippen LogP contribution in [0, 0.1) is 5.92 Å². The first-order valence-corrected chi connectivity index (χ1v) is 8.37. The van der Waals surface area contributed by atoms with Crippen LogP contribution in [0.2, 0.25) is 0 Å². The molecule has 0 unspecified atom stereocenters. The highest BCUT2D eigenvalue weighted by Gasteiger charge is 2.19. The van der Waals surface area contributed by atoms with Crippen molar-refractivity contribution in [3.8, 4) is 0 Å². The van der Waals surface area contributed by atoms with Gasteiger partial charge in [0.2, 0.25) is 0 Å². The zero-order chi connectivity index (χ0) is 15.2. The second-order valence-electron chi connectivity index (χ2n) is 5.82. The lowest BCUT2D eigenvalue weighted by Gasteiger charge is -2.31. The van der Waals surface area contributed by atoms with Crippen LogP contribution in [0.4, 0.5) is 5.13 Å². The van der Waals surface area contributed by atoms with Gasteiger partial charge in [0.15, 0.2) is 5.13 Å². The minimum Gasteiger partial charge on any atom is -0.469 e. The number of rotatable bonds is 6. The molecule has 1 aliphatic rings. The third-order valence-electron chi connectivity index (χ3n) is 4.05. The van der Waals surface area contributed by atoms with Crippen LogP contribution in [-0.2, 0) is 16.0 Å². The van der Waals surface area contributed by atoms with Crippen LogP contribution in [0.5, 0.6) is 0 Å². The number of aryl methyl sites for hydroxylation is 1. The average molecular weight is 311 g/mol. The fourth-order valence-corrected chi connectivity index (χ4v) is 3.47. The Bertz CT molecular complexity index is 456. The summed E-state index contributed by atoms with van der Waals surface area (Å²) in [7, 11) is 5.72. The van der Waals surface area contributed by atoms with Crippen LogP contribution in [0.1, 0.15) is 25.0 Å². The number of thiazole rings is 1. The van der Waals surface area contributed by atoms with Crippen molar-refractivity contribution in [1.29, 1.82) is 0 Å². The molecular weight excluding hydrogens is 286 g/mol. The van der Waals surface area contributed by atoms with E-state index in [-0.39, 0.29) is 5.97 Å². The van der Waals surface area contributed by atoms with E-state index in [1.54, 1.807) is 11.3 Å². The summed E-state index contributed by atoms with van der Waals surface area (Å²) in [5.41, 5.74) is 0.982. The predicted octanol–water partition coefficient (Wildman–Crippen LogP) is 2.03. The monoisotopic (exact) mass is 311 g/mol. The van der Waals surface area contributed by atoms with Crippen molar-refractivity contribution in [2.45, 2.75) is 25.7 Å². The van der Waals surface area contributed by atoms with Crippen molar-refractivity contribution in [2.75, 3.05) is 45.7 Å². The highest BCUT2D eigenvalue weighted by atomic mass is 32.1. The highest BCUT2D eigenvalue weighted by molar-refractivity contribution is 7.13. The standard InChI is InChI=1S/C15H25N3O2S/c1-17-8-6-12(7-9-17)10-18(2)15-16-13(11-21-15)4-5-14(19)20-3/h11-12H,4-10H2,1-3H3. The van der Waals surface area contributed by atoms with Gasteiger partial charge in [0, 0.05) is 25.4 Å². The van der Waals surface area contributed by atoms with Gasteiger partial charge >= 0.3 is 5.97 Å². The van der Waals surface area contributed by atoms with Crippen LogP contribution >= 0.6 is 11.3 Å². The maximum atomic E-state index is 11.2. The summed E-state index contributed by atoms with van der Waals surface area (Å²) in [6.45, 7) is 3.46. The molecule has 0 radical (unpaired) electrons. The van der Waals surface area contributed by atoms with Crippen LogP contribution in [-0.4, -0.2) is 56.7 Å². The van der Waals surface area contributed by atoms with Gasteiger partial charge in [-0.05, 0) is 38.9 Å². The van der Waals surface area contributed by atoms with E-state index in [9.17, 15) is 4.79 Å². The molecule has 2 heterocycles. The number of piperidine rings is 1. The second-order valence-corrected chi connectivity index (χ2v) is 6.66. The smallest absolute Gasteiger partial charge is 0.305 e. The number of carbonyl (C=O) groups excluding carboxylic acids is 1. The summed E-state index contributed by atoms with van der Waals surface area (Å²) in [5.74, 6) is 0.581. The first kappa shape index (κ1) is 16.2. The molecule has 0 aromatic carbocycles. The summed E-state index contributed by atoms with van der Waals surface area (Å²) >= 11 is 1.66. The molecule has 1 fully saturated rings. The van der Waals surface area contributed by atoms with Crippen molar-refractivity contribution in [3.05, 3.63) is 11.1 Å². The largest absolute Gasteiger partial charge is 0.469 e. The average Bonchev–Trinajstić information content (AvgIpc) is 2.96. The first-order valence-electron chi connectivity index (χ1n) is 7.49. The Kier molecular flexibility index (Phi) is 5.99. The predicted molar refractivity (Wildman–Crippen MR) is 85.9 cm³/mol. The third kappa shape index (κ3) is 4.97. The molecular formula is C15H25N3O2S. The van der Waals surface area contributed by atoms with E-state index < -0.39 is 0 Å². The fourth-order valence-electron chi connectivity index (χ4n) is 2.63. The Morgan fingerprint density at radius 3 is 2.90 bits per heavy atom. The molecule has 1 aromatic heterocycles. The lowest BCUT2D eigenvalue weighted by atomic mass is 9.97. The lowest BCUT2D eigenvalue weighted by Crippen LogP contribution is -2.35. The molecule has 118 valence electrons. The molecule has 0 saturated carbocycles. The summed E-state index contributed by atoms with van der Waals surface area (Å²) < 4.78 is 4.66. The maximum absolute atomic E-state index is 11.2. The van der Waals surface area contributed by atoms with Gasteiger partial charge in [-0.2, -0.15) is 0 Å². The molecule has 5 nitrogen and oxygen atoms in total. The Hall–Kier alpha value is -1.14. The van der Waals surface area contributed by atoms with Crippen molar-refractivity contribution in [3.63, 3.8) is 0 Å². The molecule has 1 aromatic rings. The van der Waals surface area contributed by atoms with E-state index in [1.165, 1.54) is 33.0 Å². The number of hydrogen-bond donors (Lipinski definition) is 0. The highest BCUT2D eigenvalue weighted by Crippen LogP contribution is 2.24. The number of hydrogen-bond acceptors (Lipinski definition) is 6. The second kappa shape index (κ2) is 7.75. The first-order chi connectivity index (χ1) is 10.1. The van der Waals surface area contributed by atoms with Crippen LogP contribution in [0.15, 0.2) is 5.38 Å². The van der Waals surface area contributed by atoms with Gasteiger partial charge in [-0.25, -0.2) is 4.98 Å². The molecule has 0 aliphatic carbocycles. The van der Waals surface area contributed by atoms with E-state index >= 15 is 0 Å². The number of carbonyl (C=O) groups is 1. The topological polar surface area (TPSA) is 45.7 Å². The summed E-state index contributed by atoms with van der Waals surface area (Å²) in [6, 6.07) is 0. The number of anilines is 1. The molecule has 21 heavy (non-hydrogen) atoms. The van der Waals surface area contributed by atoms with Gasteiger partial charge in [-0.3, -0.25) is 4.79 Å². The van der Waals surface area contributed by atoms with Gasteiger partial charge in [0.05, 0.1) is 19.2 Å². The van der Waals surface area contributed by atoms with Gasteiger partial charge in [-0.15, -0.1) is 11.3 Å². The SMILES string of the molecule is COC(=O)CCc1csc(N(C)CC2CCN(C)CC2)n1. The Labute approximate surface area is 130 Å². The van der Waals surface area contributed by atoms with Crippen LogP contribution in [0.3, 0.4) is 0 Å². The minimum absolute atomic E-state index is 0.177. The third-order valence-corrected chi connectivity index (χ3v) is 5.05. The minimum atomic E-state index is -0.177. The van der Waals surface area contributed by atoms with E-state index in [1.807, 2.05) is 5.38 Å². The van der Waals surface area contributed by atoms with Gasteiger partial charge in [0.1, 0.15) is 0 Å². The molecule has 1 aliphatic heterocycles. The Balaban J connectivity index is 1.81. The molecule has 1 saturated heterocycles. The van der Waals surface area contributed by atoms with E-state index in [0.29, 0.717) is 12.8 Å². The molecule has 0 bridgehead atoms. The van der Waals surface area contributed by atoms with Crippen LogP contribution < -0.4 is 4.90 Å². The Morgan fingerprint density at radius 2 is 2.24 bits per heavy atom. The van der Waals surface area contributed by atoms with E-state index in [4.69, 9.17) is 0 Å². The number of ether oxygens (including phenoxy) is 1. The molecule has 0 atom stereocenters. The maximum Gasteiger partial charge on any atom is 0.305 e. The molecule has 0 amide bonds. The zero-order valence-electron chi connectivity index (χ0n) is 13.2. The molecule has 6 heteroatoms. The van der Waals surface area contributed by atoms with E-state index in [0.717, 1.165) is 23.3 Å². The van der Waals surface area contributed by atoms with Crippen molar-refractivity contribution >= 4 is 22.4 Å². The van der Waals surface area contributed by atoms with Crippen molar-refractivity contribution < 1.29 is 9.53 Å². The summed E-state index contributed by atoms with van der Waals surface area (Å²) in [6.07, 6.45) is 3.59. The number of likely N-dealkylation sites (tertiary alicyclic amines) is 1. The van der Waals surface area contributed by atoms with Crippen LogP contribution in [0.25, 0.3) is 0 Å². The normalized spacial score (nSPS) is 16.9. The van der Waals surface area contributed by atoms with Gasteiger partial charge in [0.25, 0.3) is 0 Å². The molecule has 2 rings (SSSR count). The number of nitrogens with zero attached hydrogens (tertiary/aromatic N) is 3. The van der Waals surface area contributed by atoms with Crippen molar-refractivity contribution in [2.24, 2.45) is 5.92 Å². The Morgan fingerprint density at radius 1 is 1.52 bits per heavy atom. The quantitative estimate of drug-likeness (QED) is 0.752. The van der Waals surface area contributed by atoms with E-state index in [2.05, 4.69) is 33.6 Å². The fraction of sp³-hybridized carbons (Fsp3) is 0.733. The summed E-state index contributed by atoms with van der Waals surface area (Å²) in [4.78, 5) is 20.4. The van der Waals surface area contributed by atoms with Crippen molar-refractivity contribution in [1.82, 2.24) is 9.88 Å². The lowest BCUT2D eigenvalue weighted by molar-refractivity contribution is -0.140.